The number of nitrogens with zero attached hydrogens (tertiary/aromatic N) is 6. The van der Waals surface area contributed by atoms with Gasteiger partial charge < -0.3 is 19.3 Å². The number of hydrogen-bond donors (Lipinski definition) is 1. The lowest BCUT2D eigenvalue weighted by molar-refractivity contribution is 0.0193. The molecule has 52 heavy (non-hydrogen) atoms. The highest BCUT2D eigenvalue weighted by atomic mass is 35.5. The number of phenols is 1. The summed E-state index contributed by atoms with van der Waals surface area (Å²) in [5.41, 5.74) is 7.01. The van der Waals surface area contributed by atoms with Crippen molar-refractivity contribution in [3.63, 3.8) is 0 Å². The SMILES string of the molecule is Cl.O=C(c1cc(-c2cc(Cl)ccc2C(=O)N2Cc3ccccc3C[C@H]2CN2CCOCC2)n2c1CCCC2)N(c1ccc(O)cc1)c1cncnc1. The summed E-state index contributed by atoms with van der Waals surface area (Å²) in [5.74, 6) is -0.206. The zero-order valence-corrected chi connectivity index (χ0v) is 30.2. The Morgan fingerprint density at radius 1 is 0.885 bits per heavy atom. The van der Waals surface area contributed by atoms with Gasteiger partial charge in [-0.2, -0.15) is 0 Å². The van der Waals surface area contributed by atoms with E-state index in [4.69, 9.17) is 16.3 Å². The molecule has 8 rings (SSSR count). The van der Waals surface area contributed by atoms with Crippen LogP contribution < -0.4 is 4.90 Å². The maximum atomic E-state index is 14.9. The monoisotopic (exact) mass is 738 g/mol. The Morgan fingerprint density at radius 3 is 2.40 bits per heavy atom. The van der Waals surface area contributed by atoms with Crippen molar-refractivity contribution in [1.29, 1.82) is 0 Å². The fourth-order valence-corrected chi connectivity index (χ4v) is 7.91. The van der Waals surface area contributed by atoms with E-state index in [1.807, 2.05) is 29.2 Å². The van der Waals surface area contributed by atoms with E-state index in [1.165, 1.54) is 11.9 Å². The van der Waals surface area contributed by atoms with Crippen LogP contribution in [0.5, 0.6) is 5.75 Å². The van der Waals surface area contributed by atoms with Gasteiger partial charge in [0, 0.05) is 72.0 Å². The zero-order valence-electron chi connectivity index (χ0n) is 28.7. The molecule has 0 unspecified atom stereocenters. The number of amides is 2. The second-order valence-corrected chi connectivity index (χ2v) is 13.9. The number of rotatable bonds is 7. The first kappa shape index (κ1) is 35.7. The van der Waals surface area contributed by atoms with Crippen molar-refractivity contribution in [3.8, 4) is 17.0 Å². The van der Waals surface area contributed by atoms with Gasteiger partial charge in [0.05, 0.1) is 36.9 Å². The van der Waals surface area contributed by atoms with Crippen molar-refractivity contribution < 1.29 is 19.4 Å². The molecule has 0 bridgehead atoms. The minimum Gasteiger partial charge on any atom is -0.508 e. The van der Waals surface area contributed by atoms with Gasteiger partial charge >= 0.3 is 0 Å². The summed E-state index contributed by atoms with van der Waals surface area (Å²) in [4.78, 5) is 44.0. The number of halogens is 2. The predicted molar refractivity (Wildman–Crippen MR) is 203 cm³/mol. The molecule has 10 nitrogen and oxygen atoms in total. The molecule has 12 heteroatoms. The highest BCUT2D eigenvalue weighted by molar-refractivity contribution is 6.31. The summed E-state index contributed by atoms with van der Waals surface area (Å²) in [6, 6.07) is 22.3. The lowest BCUT2D eigenvalue weighted by Crippen LogP contribution is -2.52. The van der Waals surface area contributed by atoms with Gasteiger partial charge in [0.1, 0.15) is 12.1 Å². The van der Waals surface area contributed by atoms with E-state index in [2.05, 4.69) is 37.6 Å². The standard InChI is InChI=1S/C40H39ClN6O4.ClH/c41-29-8-13-34(39(49)46-24-28-6-2-1-5-27(28)19-31(46)25-44-15-17-51-18-16-44)35(20-29)38-21-36(37-7-3-4-14-45(37)38)40(50)47(32-22-42-26-43-23-32)30-9-11-33(48)12-10-30;/h1-2,5-6,8-13,20-23,26,31,48H,3-4,7,14-19,24-25H2;1H/t31-;/m0./s1. The second kappa shape index (κ2) is 15.5. The summed E-state index contributed by atoms with van der Waals surface area (Å²) in [5, 5.41) is 10.5. The molecule has 0 saturated carbocycles. The third kappa shape index (κ3) is 7.04. The van der Waals surface area contributed by atoms with Crippen molar-refractivity contribution in [3.05, 3.63) is 124 Å². The number of anilines is 2. The summed E-state index contributed by atoms with van der Waals surface area (Å²) in [6.07, 6.45) is 7.99. The molecule has 2 aromatic heterocycles. The maximum Gasteiger partial charge on any atom is 0.264 e. The largest absolute Gasteiger partial charge is 0.508 e. The molecule has 1 N–H and O–H groups in total. The number of benzene rings is 3. The third-order valence-electron chi connectivity index (χ3n) is 10.3. The highest BCUT2D eigenvalue weighted by Crippen LogP contribution is 2.38. The molecule has 1 atom stereocenters. The van der Waals surface area contributed by atoms with Crippen LogP contribution in [0.25, 0.3) is 11.3 Å². The number of aromatic hydroxyl groups is 1. The van der Waals surface area contributed by atoms with E-state index in [0.29, 0.717) is 65.8 Å². The maximum absolute atomic E-state index is 14.9. The van der Waals surface area contributed by atoms with E-state index in [1.54, 1.807) is 47.6 Å². The highest BCUT2D eigenvalue weighted by Gasteiger charge is 2.35. The van der Waals surface area contributed by atoms with Gasteiger partial charge in [-0.1, -0.05) is 35.9 Å². The van der Waals surface area contributed by atoms with Crippen LogP contribution in [0.3, 0.4) is 0 Å². The summed E-state index contributed by atoms with van der Waals surface area (Å²) in [7, 11) is 0. The second-order valence-electron chi connectivity index (χ2n) is 13.4. The van der Waals surface area contributed by atoms with E-state index >= 15 is 0 Å². The molecule has 3 aromatic carbocycles. The lowest BCUT2D eigenvalue weighted by Gasteiger charge is -2.40. The number of fused-ring (bicyclic) bond motifs is 2. The number of morpholine rings is 1. The first-order chi connectivity index (χ1) is 24.9. The Balaban J connectivity index is 0.00000420. The van der Waals surface area contributed by atoms with Gasteiger partial charge in [-0.25, -0.2) is 9.97 Å². The van der Waals surface area contributed by atoms with Crippen molar-refractivity contribution in [2.24, 2.45) is 0 Å². The van der Waals surface area contributed by atoms with Crippen molar-refractivity contribution in [2.45, 2.75) is 44.8 Å². The molecule has 5 heterocycles. The Morgan fingerprint density at radius 2 is 1.63 bits per heavy atom. The smallest absolute Gasteiger partial charge is 0.264 e. The van der Waals surface area contributed by atoms with Gasteiger partial charge in [-0.3, -0.25) is 19.4 Å². The number of ether oxygens (including phenoxy) is 1. The molecule has 268 valence electrons. The van der Waals surface area contributed by atoms with E-state index in [9.17, 15) is 14.7 Å². The molecule has 0 spiro atoms. The van der Waals surface area contributed by atoms with Crippen LogP contribution in [0, 0.1) is 0 Å². The average molecular weight is 740 g/mol. The fraction of sp³-hybridized carbons (Fsp3) is 0.300. The zero-order chi connectivity index (χ0) is 34.9. The van der Waals surface area contributed by atoms with Crippen LogP contribution in [-0.4, -0.2) is 80.1 Å². The predicted octanol–water partition coefficient (Wildman–Crippen LogP) is 6.94. The van der Waals surface area contributed by atoms with Crippen LogP contribution in [0.2, 0.25) is 5.02 Å². The Bertz CT molecular complexity index is 2070. The first-order valence-electron chi connectivity index (χ1n) is 17.5. The van der Waals surface area contributed by atoms with Crippen LogP contribution in [0.15, 0.2) is 91.5 Å². The molecule has 5 aromatic rings. The number of carbonyl (C=O) groups is 2. The lowest BCUT2D eigenvalue weighted by atomic mass is 9.92. The van der Waals surface area contributed by atoms with Crippen LogP contribution in [0.4, 0.5) is 11.4 Å². The molecule has 1 saturated heterocycles. The molecule has 3 aliphatic rings. The molecular formula is C40H40Cl2N6O4. The van der Waals surface area contributed by atoms with E-state index < -0.39 is 0 Å². The van der Waals surface area contributed by atoms with Gasteiger partial charge in [0.25, 0.3) is 11.8 Å². The fourth-order valence-electron chi connectivity index (χ4n) is 7.74. The molecule has 2 amide bonds. The average Bonchev–Trinajstić information content (AvgIpc) is 3.56. The van der Waals surface area contributed by atoms with Crippen LogP contribution in [-0.2, 0) is 30.7 Å². The Kier molecular flexibility index (Phi) is 10.6. The molecule has 0 radical (unpaired) electrons. The Labute approximate surface area is 314 Å². The summed E-state index contributed by atoms with van der Waals surface area (Å²) in [6.45, 7) is 5.07. The molecule has 3 aliphatic heterocycles. The van der Waals surface area contributed by atoms with Gasteiger partial charge in [-0.15, -0.1) is 12.4 Å². The van der Waals surface area contributed by atoms with Gasteiger partial charge in [0.2, 0.25) is 0 Å². The molecule has 1 fully saturated rings. The van der Waals surface area contributed by atoms with Crippen molar-refractivity contribution in [1.82, 2.24) is 24.3 Å². The van der Waals surface area contributed by atoms with Gasteiger partial charge in [0.15, 0.2) is 0 Å². The Hall–Kier alpha value is -4.74. The normalized spacial score (nSPS) is 17.1. The van der Waals surface area contributed by atoms with Gasteiger partial charge in [-0.05, 0) is 85.3 Å². The van der Waals surface area contributed by atoms with E-state index in [0.717, 1.165) is 55.8 Å². The minimum absolute atomic E-state index is 0. The first-order valence-corrected chi connectivity index (χ1v) is 17.9. The number of aromatic nitrogens is 3. The number of hydrogen-bond acceptors (Lipinski definition) is 7. The topological polar surface area (TPSA) is 104 Å². The summed E-state index contributed by atoms with van der Waals surface area (Å²) < 4.78 is 7.81. The number of carbonyl (C=O) groups excluding carboxylic acids is 2. The van der Waals surface area contributed by atoms with Crippen LogP contribution in [0.1, 0.15) is 50.4 Å². The quantitative estimate of drug-likeness (QED) is 0.193. The third-order valence-corrected chi connectivity index (χ3v) is 10.5. The van der Waals surface area contributed by atoms with Crippen LogP contribution >= 0.6 is 24.0 Å². The molecular weight excluding hydrogens is 699 g/mol. The summed E-state index contributed by atoms with van der Waals surface area (Å²) >= 11 is 6.70. The van der Waals surface area contributed by atoms with Crippen molar-refractivity contribution >= 4 is 47.2 Å². The van der Waals surface area contributed by atoms with Crippen molar-refractivity contribution in [2.75, 3.05) is 37.7 Å². The molecule has 0 aliphatic carbocycles. The number of phenolic OH excluding ortho intramolecular Hbond substituents is 1. The van der Waals surface area contributed by atoms with E-state index in [-0.39, 0.29) is 36.0 Å². The minimum atomic E-state index is -0.250.